The van der Waals surface area contributed by atoms with Crippen LogP contribution in [0.3, 0.4) is 0 Å². The zero-order valence-electron chi connectivity index (χ0n) is 27.9. The number of nitrogens with zero attached hydrogens (tertiary/aromatic N) is 1. The average Bonchev–Trinajstić information content (AvgIpc) is 3.49. The molecule has 0 radical (unpaired) electrons. The second-order valence-electron chi connectivity index (χ2n) is 12.9. The molecule has 0 fully saturated rings. The van der Waals surface area contributed by atoms with Crippen LogP contribution in [0.1, 0.15) is 62.8 Å². The van der Waals surface area contributed by atoms with Crippen molar-refractivity contribution in [2.45, 2.75) is 63.7 Å². The van der Waals surface area contributed by atoms with E-state index in [0.29, 0.717) is 43.2 Å². The maximum absolute atomic E-state index is 14.4. The molecule has 2 atom stereocenters. The predicted molar refractivity (Wildman–Crippen MR) is 187 cm³/mol. The van der Waals surface area contributed by atoms with Crippen molar-refractivity contribution in [1.82, 2.24) is 5.32 Å². The van der Waals surface area contributed by atoms with Gasteiger partial charge in [0, 0.05) is 31.6 Å². The molecule has 8 nitrogen and oxygen atoms in total. The molecular weight excluding hydrogens is 604 g/mol. The first kappa shape index (κ1) is 34.4. The topological polar surface area (TPSA) is 106 Å². The minimum Gasteiger partial charge on any atom is -0.494 e. The Morgan fingerprint density at radius 1 is 0.854 bits per heavy atom. The molecule has 0 unspecified atom stereocenters. The summed E-state index contributed by atoms with van der Waals surface area (Å²) in [5.41, 5.74) is 2.52. The van der Waals surface area contributed by atoms with Gasteiger partial charge < -0.3 is 24.6 Å². The van der Waals surface area contributed by atoms with Gasteiger partial charge in [0.15, 0.2) is 11.6 Å². The van der Waals surface area contributed by atoms with Gasteiger partial charge >= 0.3 is 5.97 Å². The third kappa shape index (κ3) is 8.89. The summed E-state index contributed by atoms with van der Waals surface area (Å²) in [7, 11) is 0. The Morgan fingerprint density at radius 3 is 2.12 bits per heavy atom. The Labute approximate surface area is 282 Å². The summed E-state index contributed by atoms with van der Waals surface area (Å²) in [6.45, 7) is 6.29. The number of rotatable bonds is 14. The highest BCUT2D eigenvalue weighted by Crippen LogP contribution is 2.44. The number of nitrogens with one attached hydrogen (secondary N) is 1. The van der Waals surface area contributed by atoms with Crippen LogP contribution in [0.2, 0.25) is 0 Å². The van der Waals surface area contributed by atoms with Crippen LogP contribution in [0.25, 0.3) is 11.1 Å². The summed E-state index contributed by atoms with van der Waals surface area (Å²) >= 11 is 0. The van der Waals surface area contributed by atoms with Crippen LogP contribution in [0.5, 0.6) is 5.75 Å². The van der Waals surface area contributed by atoms with Crippen LogP contribution in [0.4, 0.5) is 0 Å². The molecule has 8 heteroatoms. The smallest absolute Gasteiger partial charge is 0.306 e. The van der Waals surface area contributed by atoms with Crippen molar-refractivity contribution in [2.24, 2.45) is 4.99 Å². The lowest BCUT2D eigenvalue weighted by Crippen LogP contribution is -2.49. The number of ether oxygens (including phenoxy) is 3. The SMILES string of the molecule is CC(C)(C)OC(=O)CC[C@@]1(C(=O)NCCc2ccccc2)N=C(c2ccc(OCCCO)cc2)O[C@@H]1c1ccc(-c2ccccc2)cc1. The van der Waals surface area contributed by atoms with E-state index in [4.69, 9.17) is 24.3 Å². The van der Waals surface area contributed by atoms with Crippen molar-refractivity contribution in [3.63, 3.8) is 0 Å². The van der Waals surface area contributed by atoms with Crippen molar-refractivity contribution in [2.75, 3.05) is 19.8 Å². The van der Waals surface area contributed by atoms with E-state index < -0.39 is 23.2 Å². The molecule has 250 valence electrons. The zero-order chi connectivity index (χ0) is 34.0. The molecule has 4 aromatic carbocycles. The molecule has 0 bridgehead atoms. The molecule has 1 aliphatic rings. The summed E-state index contributed by atoms with van der Waals surface area (Å²) in [5, 5.41) is 12.2. The summed E-state index contributed by atoms with van der Waals surface area (Å²) in [6.07, 6.45) is 0.412. The van der Waals surface area contributed by atoms with Crippen LogP contribution in [-0.2, 0) is 25.5 Å². The average molecular weight is 649 g/mol. The molecule has 5 rings (SSSR count). The highest BCUT2D eigenvalue weighted by molar-refractivity contribution is 6.01. The molecule has 0 saturated carbocycles. The molecular formula is C40H44N2O6. The number of carbonyl (C=O) groups is 2. The highest BCUT2D eigenvalue weighted by atomic mass is 16.6. The van der Waals surface area contributed by atoms with E-state index in [-0.39, 0.29) is 25.4 Å². The molecule has 1 aliphatic heterocycles. The van der Waals surface area contributed by atoms with Gasteiger partial charge in [0.25, 0.3) is 5.91 Å². The van der Waals surface area contributed by atoms with E-state index in [2.05, 4.69) is 5.32 Å². The van der Waals surface area contributed by atoms with Gasteiger partial charge in [0.05, 0.1) is 6.61 Å². The van der Waals surface area contributed by atoms with E-state index in [1.807, 2.05) is 130 Å². The molecule has 0 aliphatic carbocycles. The van der Waals surface area contributed by atoms with Gasteiger partial charge in [0.2, 0.25) is 5.90 Å². The summed E-state index contributed by atoms with van der Waals surface area (Å²) in [5.74, 6) is 0.216. The summed E-state index contributed by atoms with van der Waals surface area (Å²) in [4.78, 5) is 32.5. The summed E-state index contributed by atoms with van der Waals surface area (Å²) in [6, 6.07) is 35.2. The van der Waals surface area contributed by atoms with E-state index in [9.17, 15) is 9.59 Å². The van der Waals surface area contributed by atoms with Crippen molar-refractivity contribution in [3.8, 4) is 16.9 Å². The molecule has 0 aromatic heterocycles. The number of hydrogen-bond donors (Lipinski definition) is 2. The third-order valence-electron chi connectivity index (χ3n) is 8.02. The Kier molecular flexibility index (Phi) is 11.3. The first-order chi connectivity index (χ1) is 23.2. The molecule has 4 aromatic rings. The molecule has 1 heterocycles. The quantitative estimate of drug-likeness (QED) is 0.114. The Bertz CT molecular complexity index is 1670. The number of hydrogen-bond acceptors (Lipinski definition) is 7. The minimum absolute atomic E-state index is 0.0280. The largest absolute Gasteiger partial charge is 0.494 e. The number of aliphatic imine (C=N–C) groups is 1. The van der Waals surface area contributed by atoms with Gasteiger partial charge in [-0.05, 0) is 80.1 Å². The molecule has 2 N–H and O–H groups in total. The molecule has 0 saturated heterocycles. The second-order valence-corrected chi connectivity index (χ2v) is 12.9. The van der Waals surface area contributed by atoms with Crippen molar-refractivity contribution < 1.29 is 28.9 Å². The first-order valence-corrected chi connectivity index (χ1v) is 16.5. The van der Waals surface area contributed by atoms with E-state index in [0.717, 1.165) is 22.3 Å². The van der Waals surface area contributed by atoms with Gasteiger partial charge in [-0.2, -0.15) is 0 Å². The fourth-order valence-corrected chi connectivity index (χ4v) is 5.65. The monoisotopic (exact) mass is 648 g/mol. The maximum Gasteiger partial charge on any atom is 0.306 e. The van der Waals surface area contributed by atoms with Gasteiger partial charge in [-0.3, -0.25) is 9.59 Å². The van der Waals surface area contributed by atoms with Crippen molar-refractivity contribution in [3.05, 3.63) is 126 Å². The highest BCUT2D eigenvalue weighted by Gasteiger charge is 2.53. The van der Waals surface area contributed by atoms with E-state index >= 15 is 0 Å². The van der Waals surface area contributed by atoms with Crippen LogP contribution in [0, 0.1) is 0 Å². The Hall–Kier alpha value is -4.95. The fourth-order valence-electron chi connectivity index (χ4n) is 5.65. The summed E-state index contributed by atoms with van der Waals surface area (Å²) < 4.78 is 18.0. The van der Waals surface area contributed by atoms with Gasteiger partial charge in [-0.25, -0.2) is 4.99 Å². The number of amides is 1. The van der Waals surface area contributed by atoms with E-state index in [1.54, 1.807) is 0 Å². The standard InChI is InChI=1S/C40H44N2O6/c1-39(2,3)48-35(44)23-25-40(38(45)41-26-24-29-11-6-4-7-12-29)36(32-17-15-31(16-18-32)30-13-8-5-9-14-30)47-37(42-40)33-19-21-34(22-20-33)46-28-10-27-43/h4-9,11-22,36,43H,10,23-28H2,1-3H3,(H,41,45)/t36-,40-/m1/s1. The lowest BCUT2D eigenvalue weighted by atomic mass is 9.83. The van der Waals surface area contributed by atoms with Gasteiger partial charge in [-0.15, -0.1) is 0 Å². The molecule has 0 spiro atoms. The van der Waals surface area contributed by atoms with Gasteiger partial charge in [0.1, 0.15) is 11.4 Å². The maximum atomic E-state index is 14.4. The number of aliphatic hydroxyl groups excluding tert-OH is 1. The van der Waals surface area contributed by atoms with Crippen LogP contribution >= 0.6 is 0 Å². The first-order valence-electron chi connectivity index (χ1n) is 16.5. The fraction of sp³-hybridized carbons (Fsp3) is 0.325. The normalized spacial score (nSPS) is 17.2. The molecule has 1 amide bonds. The number of aliphatic hydroxyl groups is 1. The Balaban J connectivity index is 1.50. The lowest BCUT2D eigenvalue weighted by molar-refractivity contribution is -0.155. The van der Waals surface area contributed by atoms with Crippen molar-refractivity contribution in [1.29, 1.82) is 0 Å². The Morgan fingerprint density at radius 2 is 1.48 bits per heavy atom. The van der Waals surface area contributed by atoms with Gasteiger partial charge in [-0.1, -0.05) is 84.9 Å². The minimum atomic E-state index is -1.45. The third-order valence-corrected chi connectivity index (χ3v) is 8.02. The molecule has 48 heavy (non-hydrogen) atoms. The lowest BCUT2D eigenvalue weighted by Gasteiger charge is -2.31. The number of carbonyl (C=O) groups excluding carboxylic acids is 2. The second kappa shape index (κ2) is 15.8. The zero-order valence-corrected chi connectivity index (χ0v) is 27.9. The van der Waals surface area contributed by atoms with Crippen LogP contribution < -0.4 is 10.1 Å². The number of benzene rings is 4. The van der Waals surface area contributed by atoms with Crippen molar-refractivity contribution >= 4 is 17.8 Å². The van der Waals surface area contributed by atoms with Crippen LogP contribution in [-0.4, -0.2) is 53.8 Å². The van der Waals surface area contributed by atoms with E-state index in [1.165, 1.54) is 0 Å². The van der Waals surface area contributed by atoms with Crippen LogP contribution in [0.15, 0.2) is 114 Å². The number of esters is 1. The predicted octanol–water partition coefficient (Wildman–Crippen LogP) is 6.85.